The summed E-state index contributed by atoms with van der Waals surface area (Å²) in [4.78, 5) is 11.5. The van der Waals surface area contributed by atoms with E-state index in [0.717, 1.165) is 16.7 Å². The van der Waals surface area contributed by atoms with E-state index in [9.17, 15) is 4.79 Å². The molecule has 0 saturated heterocycles. The van der Waals surface area contributed by atoms with Crippen LogP contribution in [0.5, 0.6) is 5.75 Å². The molecule has 1 heterocycles. The number of carbonyl (C=O) groups excluding carboxylic acids is 1. The first kappa shape index (κ1) is 13.9. The van der Waals surface area contributed by atoms with Gasteiger partial charge in [0, 0.05) is 5.56 Å². The SMILES string of the molecule is Cc1ccc(OCC(=O)NN=Cc2ccoc2)c(C)c1. The molecule has 1 aromatic carbocycles. The number of nitrogens with zero attached hydrogens (tertiary/aromatic N) is 1. The summed E-state index contributed by atoms with van der Waals surface area (Å²) < 4.78 is 10.3. The molecule has 0 fully saturated rings. The molecule has 0 aliphatic rings. The first-order valence-corrected chi connectivity index (χ1v) is 6.19. The molecule has 0 radical (unpaired) electrons. The van der Waals surface area contributed by atoms with Crippen molar-refractivity contribution in [2.24, 2.45) is 5.10 Å². The van der Waals surface area contributed by atoms with Crippen LogP contribution >= 0.6 is 0 Å². The molecular weight excluding hydrogens is 256 g/mol. The Morgan fingerprint density at radius 2 is 2.25 bits per heavy atom. The quantitative estimate of drug-likeness (QED) is 0.671. The molecule has 5 nitrogen and oxygen atoms in total. The van der Waals surface area contributed by atoms with Crippen molar-refractivity contribution in [1.82, 2.24) is 5.43 Å². The Kier molecular flexibility index (Phi) is 4.55. The van der Waals surface area contributed by atoms with Crippen LogP contribution in [0.2, 0.25) is 0 Å². The van der Waals surface area contributed by atoms with Crippen molar-refractivity contribution in [3.63, 3.8) is 0 Å². The zero-order chi connectivity index (χ0) is 14.4. The summed E-state index contributed by atoms with van der Waals surface area (Å²) in [5.41, 5.74) is 5.32. The predicted octanol–water partition coefficient (Wildman–Crippen LogP) is 2.43. The van der Waals surface area contributed by atoms with Gasteiger partial charge in [-0.25, -0.2) is 5.43 Å². The fraction of sp³-hybridized carbons (Fsp3) is 0.200. The number of hydrazone groups is 1. The van der Waals surface area contributed by atoms with E-state index in [2.05, 4.69) is 10.5 Å². The van der Waals surface area contributed by atoms with Gasteiger partial charge in [-0.1, -0.05) is 17.7 Å². The smallest absolute Gasteiger partial charge is 0.277 e. The molecule has 0 spiro atoms. The summed E-state index contributed by atoms with van der Waals surface area (Å²) in [6.45, 7) is 3.87. The summed E-state index contributed by atoms with van der Waals surface area (Å²) in [5, 5.41) is 3.80. The average molecular weight is 272 g/mol. The highest BCUT2D eigenvalue weighted by Gasteiger charge is 2.04. The van der Waals surface area contributed by atoms with E-state index in [-0.39, 0.29) is 12.5 Å². The van der Waals surface area contributed by atoms with E-state index in [0.29, 0.717) is 5.75 Å². The fourth-order valence-corrected chi connectivity index (χ4v) is 1.66. The monoisotopic (exact) mass is 272 g/mol. The van der Waals surface area contributed by atoms with Gasteiger partial charge in [0.2, 0.25) is 0 Å². The van der Waals surface area contributed by atoms with Gasteiger partial charge in [-0.2, -0.15) is 5.10 Å². The number of hydrogen-bond acceptors (Lipinski definition) is 4. The standard InChI is InChI=1S/C15H16N2O3/c1-11-3-4-14(12(2)7-11)20-10-15(18)17-16-8-13-5-6-19-9-13/h3-9H,10H2,1-2H3,(H,17,18). The van der Waals surface area contributed by atoms with Gasteiger partial charge >= 0.3 is 0 Å². The van der Waals surface area contributed by atoms with E-state index in [1.165, 1.54) is 18.7 Å². The second-order valence-corrected chi connectivity index (χ2v) is 4.41. The van der Waals surface area contributed by atoms with Crippen LogP contribution in [0.3, 0.4) is 0 Å². The lowest BCUT2D eigenvalue weighted by Gasteiger charge is -2.08. The van der Waals surface area contributed by atoms with E-state index >= 15 is 0 Å². The largest absolute Gasteiger partial charge is 0.483 e. The second-order valence-electron chi connectivity index (χ2n) is 4.41. The molecule has 0 saturated carbocycles. The summed E-state index contributed by atoms with van der Waals surface area (Å²) in [5.74, 6) is 0.384. The molecule has 1 aromatic heterocycles. The Hall–Kier alpha value is -2.56. The first-order chi connectivity index (χ1) is 9.65. The van der Waals surface area contributed by atoms with Crippen molar-refractivity contribution in [2.45, 2.75) is 13.8 Å². The van der Waals surface area contributed by atoms with Gasteiger partial charge < -0.3 is 9.15 Å². The third kappa shape index (κ3) is 3.98. The van der Waals surface area contributed by atoms with Gasteiger partial charge in [-0.15, -0.1) is 0 Å². The highest BCUT2D eigenvalue weighted by Crippen LogP contribution is 2.18. The van der Waals surface area contributed by atoms with Crippen LogP contribution in [0, 0.1) is 13.8 Å². The Morgan fingerprint density at radius 3 is 2.95 bits per heavy atom. The van der Waals surface area contributed by atoms with Crippen LogP contribution in [0.4, 0.5) is 0 Å². The zero-order valence-corrected chi connectivity index (χ0v) is 11.4. The van der Waals surface area contributed by atoms with E-state index < -0.39 is 0 Å². The zero-order valence-electron chi connectivity index (χ0n) is 11.4. The minimum atomic E-state index is -0.315. The van der Waals surface area contributed by atoms with Crippen molar-refractivity contribution < 1.29 is 13.9 Å². The van der Waals surface area contributed by atoms with Gasteiger partial charge in [0.05, 0.1) is 18.7 Å². The highest BCUT2D eigenvalue weighted by atomic mass is 16.5. The molecule has 0 aliphatic carbocycles. The number of nitrogens with one attached hydrogen (secondary N) is 1. The number of benzene rings is 1. The number of hydrogen-bond donors (Lipinski definition) is 1. The second kappa shape index (κ2) is 6.56. The van der Waals surface area contributed by atoms with Gasteiger partial charge in [-0.3, -0.25) is 4.79 Å². The maximum atomic E-state index is 11.5. The Balaban J connectivity index is 1.80. The van der Waals surface area contributed by atoms with Gasteiger partial charge in [0.25, 0.3) is 5.91 Å². The number of carbonyl (C=O) groups is 1. The molecule has 104 valence electrons. The molecule has 1 amide bonds. The third-order valence-electron chi connectivity index (χ3n) is 2.64. The Labute approximate surface area is 117 Å². The number of furan rings is 1. The molecule has 5 heteroatoms. The number of rotatable bonds is 5. The van der Waals surface area contributed by atoms with Gasteiger partial charge in [-0.05, 0) is 31.5 Å². The summed E-state index contributed by atoms with van der Waals surface area (Å²) in [6, 6.07) is 7.54. The van der Waals surface area contributed by atoms with Crippen LogP contribution in [0.1, 0.15) is 16.7 Å². The lowest BCUT2D eigenvalue weighted by Crippen LogP contribution is -2.24. The molecule has 2 rings (SSSR count). The number of aryl methyl sites for hydroxylation is 2. The van der Waals surface area contributed by atoms with Gasteiger partial charge in [0.1, 0.15) is 5.75 Å². The fourth-order valence-electron chi connectivity index (χ4n) is 1.66. The Morgan fingerprint density at radius 1 is 1.40 bits per heavy atom. The van der Waals surface area contributed by atoms with Crippen molar-refractivity contribution in [2.75, 3.05) is 6.61 Å². The van der Waals surface area contributed by atoms with Gasteiger partial charge in [0.15, 0.2) is 6.61 Å². The number of ether oxygens (including phenoxy) is 1. The van der Waals surface area contributed by atoms with Crippen molar-refractivity contribution >= 4 is 12.1 Å². The molecule has 2 aromatic rings. The lowest BCUT2D eigenvalue weighted by molar-refractivity contribution is -0.123. The molecule has 0 aliphatic heterocycles. The first-order valence-electron chi connectivity index (χ1n) is 6.19. The molecule has 20 heavy (non-hydrogen) atoms. The van der Waals surface area contributed by atoms with Crippen LogP contribution < -0.4 is 10.2 Å². The van der Waals surface area contributed by atoms with Crippen molar-refractivity contribution in [3.05, 3.63) is 53.5 Å². The maximum Gasteiger partial charge on any atom is 0.277 e. The number of amides is 1. The minimum Gasteiger partial charge on any atom is -0.483 e. The normalized spacial score (nSPS) is 10.7. The average Bonchev–Trinajstić information content (AvgIpc) is 2.91. The van der Waals surface area contributed by atoms with E-state index in [1.54, 1.807) is 6.07 Å². The van der Waals surface area contributed by atoms with Crippen molar-refractivity contribution in [3.8, 4) is 5.75 Å². The molecule has 0 bridgehead atoms. The lowest BCUT2D eigenvalue weighted by atomic mass is 10.1. The van der Waals surface area contributed by atoms with Crippen LogP contribution in [-0.4, -0.2) is 18.7 Å². The van der Waals surface area contributed by atoms with E-state index in [4.69, 9.17) is 9.15 Å². The maximum absolute atomic E-state index is 11.5. The van der Waals surface area contributed by atoms with Crippen LogP contribution in [-0.2, 0) is 4.79 Å². The predicted molar refractivity (Wildman–Crippen MR) is 75.9 cm³/mol. The molecular formula is C15H16N2O3. The Bertz CT molecular complexity index is 604. The van der Waals surface area contributed by atoms with E-state index in [1.807, 2.05) is 32.0 Å². The summed E-state index contributed by atoms with van der Waals surface area (Å²) >= 11 is 0. The summed E-state index contributed by atoms with van der Waals surface area (Å²) in [6.07, 6.45) is 4.56. The van der Waals surface area contributed by atoms with Crippen molar-refractivity contribution in [1.29, 1.82) is 0 Å². The third-order valence-corrected chi connectivity index (χ3v) is 2.64. The molecule has 1 N–H and O–H groups in total. The molecule has 0 atom stereocenters. The van der Waals surface area contributed by atoms with Crippen LogP contribution in [0.15, 0.2) is 46.3 Å². The topological polar surface area (TPSA) is 63.8 Å². The van der Waals surface area contributed by atoms with Crippen LogP contribution in [0.25, 0.3) is 0 Å². The molecule has 0 unspecified atom stereocenters. The summed E-state index contributed by atoms with van der Waals surface area (Å²) in [7, 11) is 0. The minimum absolute atomic E-state index is 0.0768. The highest BCUT2D eigenvalue weighted by molar-refractivity contribution is 5.82.